The van der Waals surface area contributed by atoms with Crippen molar-refractivity contribution < 1.29 is 14.3 Å². The normalized spacial score (nSPS) is 19.1. The molecule has 0 heterocycles. The van der Waals surface area contributed by atoms with E-state index in [1.165, 1.54) is 62.5 Å². The second-order valence-electron chi connectivity index (χ2n) is 9.80. The predicted molar refractivity (Wildman–Crippen MR) is 130 cm³/mol. The fourth-order valence-electron chi connectivity index (χ4n) is 6.11. The maximum absolute atomic E-state index is 13.5. The van der Waals surface area contributed by atoms with Gasteiger partial charge in [-0.3, -0.25) is 4.79 Å². The Morgan fingerprint density at radius 2 is 1.03 bits per heavy atom. The fourth-order valence-corrected chi connectivity index (χ4v) is 6.11. The summed E-state index contributed by atoms with van der Waals surface area (Å²) in [6.45, 7) is 0. The monoisotopic (exact) mass is 434 g/mol. The van der Waals surface area contributed by atoms with E-state index in [2.05, 4.69) is 24.3 Å². The van der Waals surface area contributed by atoms with Gasteiger partial charge in [-0.25, -0.2) is 0 Å². The van der Waals surface area contributed by atoms with Crippen molar-refractivity contribution in [3.63, 3.8) is 0 Å². The molecule has 32 heavy (non-hydrogen) atoms. The average Bonchev–Trinajstić information content (AvgIpc) is 3.56. The summed E-state index contributed by atoms with van der Waals surface area (Å²) in [5.74, 6) is 4.09. The molecule has 0 radical (unpaired) electrons. The van der Waals surface area contributed by atoms with Crippen molar-refractivity contribution in [2.24, 2.45) is 11.8 Å². The molecule has 4 rings (SSSR count). The Bertz CT molecular complexity index is 771. The van der Waals surface area contributed by atoms with Crippen LogP contribution in [-0.4, -0.2) is 20.0 Å². The summed E-state index contributed by atoms with van der Waals surface area (Å²) in [7, 11) is 3.41. The van der Waals surface area contributed by atoms with Gasteiger partial charge in [-0.05, 0) is 84.7 Å². The third kappa shape index (κ3) is 5.54. The van der Waals surface area contributed by atoms with Crippen LogP contribution in [0.4, 0.5) is 0 Å². The molecule has 0 N–H and O–H groups in total. The summed E-state index contributed by atoms with van der Waals surface area (Å²) in [4.78, 5) is 13.5. The second-order valence-corrected chi connectivity index (χ2v) is 9.80. The van der Waals surface area contributed by atoms with E-state index < -0.39 is 0 Å². The molecule has 2 aromatic carbocycles. The molecule has 3 nitrogen and oxygen atoms in total. The number of Topliss-reactive ketones (excluding diaryl/α,β-unsaturated/α-hetero) is 1. The van der Waals surface area contributed by atoms with Crippen molar-refractivity contribution in [3.05, 3.63) is 59.7 Å². The van der Waals surface area contributed by atoms with Gasteiger partial charge in [-0.1, -0.05) is 49.9 Å². The number of ketones is 1. The highest BCUT2D eigenvalue weighted by atomic mass is 16.5. The molecule has 0 aromatic heterocycles. The van der Waals surface area contributed by atoms with Gasteiger partial charge in [0.25, 0.3) is 0 Å². The van der Waals surface area contributed by atoms with Crippen molar-refractivity contribution in [1.82, 2.24) is 0 Å². The lowest BCUT2D eigenvalue weighted by atomic mass is 9.77. The van der Waals surface area contributed by atoms with Gasteiger partial charge in [-0.2, -0.15) is 0 Å². The Morgan fingerprint density at radius 1 is 0.688 bits per heavy atom. The molecule has 2 fully saturated rings. The van der Waals surface area contributed by atoms with Gasteiger partial charge in [0.05, 0.1) is 14.2 Å². The second kappa shape index (κ2) is 11.0. The van der Waals surface area contributed by atoms with Crippen molar-refractivity contribution in [1.29, 1.82) is 0 Å². The first-order valence-corrected chi connectivity index (χ1v) is 12.5. The zero-order valence-electron chi connectivity index (χ0n) is 19.7. The van der Waals surface area contributed by atoms with Gasteiger partial charge in [0.15, 0.2) is 0 Å². The van der Waals surface area contributed by atoms with Crippen LogP contribution in [0.2, 0.25) is 0 Å². The van der Waals surface area contributed by atoms with E-state index in [4.69, 9.17) is 9.47 Å². The zero-order chi connectivity index (χ0) is 22.3. The number of methoxy groups -OCH3 is 2. The van der Waals surface area contributed by atoms with E-state index in [1.54, 1.807) is 14.2 Å². The lowest BCUT2D eigenvalue weighted by Gasteiger charge is -2.27. The molecule has 0 spiro atoms. The minimum Gasteiger partial charge on any atom is -0.497 e. The fraction of sp³-hybridized carbons (Fsp3) is 0.552. The topological polar surface area (TPSA) is 35.5 Å². The number of benzene rings is 2. The number of hydrogen-bond donors (Lipinski definition) is 0. The summed E-state index contributed by atoms with van der Waals surface area (Å²) in [6.07, 6.45) is 11.5. The summed E-state index contributed by atoms with van der Waals surface area (Å²) in [6, 6.07) is 16.9. The van der Waals surface area contributed by atoms with Gasteiger partial charge < -0.3 is 9.47 Å². The first-order chi connectivity index (χ1) is 15.7. The minimum absolute atomic E-state index is 0.330. The van der Waals surface area contributed by atoms with Crippen molar-refractivity contribution in [2.75, 3.05) is 14.2 Å². The van der Waals surface area contributed by atoms with Gasteiger partial charge in [-0.15, -0.1) is 0 Å². The third-order valence-electron chi connectivity index (χ3n) is 7.92. The van der Waals surface area contributed by atoms with E-state index >= 15 is 0 Å². The average molecular weight is 435 g/mol. The quantitative estimate of drug-likeness (QED) is 0.393. The van der Waals surface area contributed by atoms with E-state index in [0.717, 1.165) is 11.5 Å². The molecule has 2 saturated carbocycles. The van der Waals surface area contributed by atoms with Crippen LogP contribution in [0, 0.1) is 11.8 Å². The molecule has 0 saturated heterocycles. The Kier molecular flexibility index (Phi) is 7.89. The summed E-state index contributed by atoms with van der Waals surface area (Å²) in [5.41, 5.74) is 2.60. The standard InChI is InChI=1S/C29H38O3/c1-31-26-15-11-23(12-16-26)28(21-7-3-4-8-21)19-25(30)20-29(22-9-5-6-10-22)24-13-17-27(32-2)18-14-24/h11-18,21-22,28-29H,3-10,19-20H2,1-2H3. The largest absolute Gasteiger partial charge is 0.497 e. The van der Waals surface area contributed by atoms with Crippen LogP contribution in [0.15, 0.2) is 48.5 Å². The van der Waals surface area contributed by atoms with Crippen LogP contribution < -0.4 is 9.47 Å². The molecule has 2 unspecified atom stereocenters. The first-order valence-electron chi connectivity index (χ1n) is 12.5. The molecule has 0 aliphatic heterocycles. The molecular formula is C29H38O3. The maximum Gasteiger partial charge on any atom is 0.134 e. The Balaban J connectivity index is 1.51. The number of carbonyl (C=O) groups is 1. The Hall–Kier alpha value is -2.29. The molecule has 2 aliphatic carbocycles. The lowest BCUT2D eigenvalue weighted by molar-refractivity contribution is -0.120. The van der Waals surface area contributed by atoms with Crippen molar-refractivity contribution in [2.45, 2.75) is 76.0 Å². The summed E-state index contributed by atoms with van der Waals surface area (Å²) >= 11 is 0. The molecule has 0 amide bonds. The molecule has 3 heteroatoms. The van der Waals surface area contributed by atoms with E-state index in [1.807, 2.05) is 24.3 Å². The summed E-state index contributed by atoms with van der Waals surface area (Å²) in [5, 5.41) is 0. The Labute approximate surface area is 193 Å². The van der Waals surface area contributed by atoms with Crippen LogP contribution in [-0.2, 0) is 4.79 Å². The number of carbonyl (C=O) groups excluding carboxylic acids is 1. The predicted octanol–water partition coefficient (Wildman–Crippen LogP) is 7.30. The highest BCUT2D eigenvalue weighted by Gasteiger charge is 2.32. The molecular weight excluding hydrogens is 396 g/mol. The zero-order valence-corrected chi connectivity index (χ0v) is 19.7. The van der Waals surface area contributed by atoms with Crippen molar-refractivity contribution >= 4 is 5.78 Å². The highest BCUT2D eigenvalue weighted by molar-refractivity contribution is 5.80. The number of rotatable bonds is 10. The van der Waals surface area contributed by atoms with Crippen LogP contribution >= 0.6 is 0 Å². The number of hydrogen-bond acceptors (Lipinski definition) is 3. The van der Waals surface area contributed by atoms with Crippen LogP contribution in [0.25, 0.3) is 0 Å². The van der Waals surface area contributed by atoms with Gasteiger partial charge in [0, 0.05) is 12.8 Å². The van der Waals surface area contributed by atoms with Gasteiger partial charge in [0.2, 0.25) is 0 Å². The van der Waals surface area contributed by atoms with Crippen LogP contribution in [0.1, 0.15) is 87.2 Å². The molecule has 2 aliphatic rings. The van der Waals surface area contributed by atoms with E-state index in [0.29, 0.717) is 42.3 Å². The van der Waals surface area contributed by atoms with E-state index in [9.17, 15) is 4.79 Å². The highest BCUT2D eigenvalue weighted by Crippen LogP contribution is 2.43. The lowest BCUT2D eigenvalue weighted by Crippen LogP contribution is -2.19. The van der Waals surface area contributed by atoms with Crippen molar-refractivity contribution in [3.8, 4) is 11.5 Å². The Morgan fingerprint density at radius 3 is 1.34 bits per heavy atom. The van der Waals surface area contributed by atoms with Gasteiger partial charge >= 0.3 is 0 Å². The van der Waals surface area contributed by atoms with Crippen LogP contribution in [0.5, 0.6) is 11.5 Å². The smallest absolute Gasteiger partial charge is 0.134 e. The van der Waals surface area contributed by atoms with Crippen LogP contribution in [0.3, 0.4) is 0 Å². The van der Waals surface area contributed by atoms with Gasteiger partial charge in [0.1, 0.15) is 17.3 Å². The molecule has 172 valence electrons. The molecule has 2 atom stereocenters. The summed E-state index contributed by atoms with van der Waals surface area (Å²) < 4.78 is 10.7. The molecule has 2 aromatic rings. The molecule has 0 bridgehead atoms. The first kappa shape index (κ1) is 22.9. The maximum atomic E-state index is 13.5. The number of ether oxygens (including phenoxy) is 2. The minimum atomic E-state index is 0.330. The third-order valence-corrected chi connectivity index (χ3v) is 7.92. The van der Waals surface area contributed by atoms with E-state index in [-0.39, 0.29) is 0 Å². The SMILES string of the molecule is COc1ccc(C(CC(=O)CC(c2ccc(OC)cc2)C2CCCC2)C2CCCC2)cc1.